The summed E-state index contributed by atoms with van der Waals surface area (Å²) in [7, 11) is 0. The van der Waals surface area contributed by atoms with Gasteiger partial charge in [-0.05, 0) is 59.0 Å². The second-order valence-electron chi connectivity index (χ2n) is 7.63. The third kappa shape index (κ3) is 3.52. The highest BCUT2D eigenvalue weighted by molar-refractivity contribution is 6.01. The number of nitrogens with one attached hydrogen (secondary N) is 1. The van der Waals surface area contributed by atoms with Gasteiger partial charge in [-0.15, -0.1) is 0 Å². The van der Waals surface area contributed by atoms with Crippen LogP contribution in [0.15, 0.2) is 30.3 Å². The van der Waals surface area contributed by atoms with Crippen LogP contribution in [0.1, 0.15) is 56.2 Å². The molecule has 1 N–H and O–H groups in total. The highest BCUT2D eigenvalue weighted by atomic mass is 16.1. The summed E-state index contributed by atoms with van der Waals surface area (Å²) in [6.45, 7) is 7.43. The number of allylic oxidation sites excluding steroid dienone is 1. The molecule has 1 heterocycles. The second kappa shape index (κ2) is 7.83. The summed E-state index contributed by atoms with van der Waals surface area (Å²) in [6, 6.07) is 8.94. The monoisotopic (exact) mass is 363 g/mol. The van der Waals surface area contributed by atoms with Crippen LogP contribution in [0.3, 0.4) is 0 Å². The van der Waals surface area contributed by atoms with Gasteiger partial charge in [-0.1, -0.05) is 38.8 Å². The zero-order valence-electron chi connectivity index (χ0n) is 16.4. The van der Waals surface area contributed by atoms with Crippen molar-refractivity contribution in [3.05, 3.63) is 47.0 Å². The van der Waals surface area contributed by atoms with E-state index in [1.165, 1.54) is 53.3 Å². The highest BCUT2D eigenvalue weighted by Crippen LogP contribution is 2.37. The van der Waals surface area contributed by atoms with Gasteiger partial charge in [0.25, 0.3) is 0 Å². The molecule has 1 aliphatic heterocycles. The third-order valence-corrected chi connectivity index (χ3v) is 5.59. The van der Waals surface area contributed by atoms with Crippen LogP contribution in [-0.4, -0.2) is 23.9 Å². The summed E-state index contributed by atoms with van der Waals surface area (Å²) in [5, 5.41) is 7.24. The van der Waals surface area contributed by atoms with Crippen molar-refractivity contribution < 1.29 is 4.79 Å². The number of nitrogens with zero attached hydrogens (tertiary/aromatic N) is 2. The van der Waals surface area contributed by atoms with Gasteiger partial charge in [0.1, 0.15) is 0 Å². The van der Waals surface area contributed by atoms with Gasteiger partial charge in [-0.25, -0.2) is 15.6 Å². The minimum atomic E-state index is 0.196. The topological polar surface area (TPSA) is 35.6 Å². The number of hydrogen-bond donors (Lipinski definition) is 1. The standard InChI is InChI=1S/C23H29N3O/c1-3-5-11-24-26-23-10-8-18-13-17-7-9-20(27)14-19(17)15-21(18)22(23)16-25(26)12-6-4-2/h7-10,13,15,24H,3-6,11-12,14,16H2,1-2H3. The summed E-state index contributed by atoms with van der Waals surface area (Å²) in [5.41, 5.74) is 8.59. The molecule has 2 aromatic carbocycles. The molecule has 0 atom stereocenters. The number of carbonyl (C=O) groups is 1. The minimum absolute atomic E-state index is 0.196. The van der Waals surface area contributed by atoms with Crippen LogP contribution in [0.4, 0.5) is 5.69 Å². The van der Waals surface area contributed by atoms with Crippen molar-refractivity contribution in [1.82, 2.24) is 10.4 Å². The number of fused-ring (bicyclic) bond motifs is 4. The summed E-state index contributed by atoms with van der Waals surface area (Å²) >= 11 is 0. The highest BCUT2D eigenvalue weighted by Gasteiger charge is 2.28. The van der Waals surface area contributed by atoms with Crippen LogP contribution < -0.4 is 10.5 Å². The Morgan fingerprint density at radius 1 is 1.07 bits per heavy atom. The van der Waals surface area contributed by atoms with Crippen LogP contribution >= 0.6 is 0 Å². The Kier molecular flexibility index (Phi) is 5.28. The van der Waals surface area contributed by atoms with E-state index in [4.69, 9.17) is 0 Å². The van der Waals surface area contributed by atoms with E-state index >= 15 is 0 Å². The second-order valence-corrected chi connectivity index (χ2v) is 7.63. The smallest absolute Gasteiger partial charge is 0.160 e. The maximum absolute atomic E-state index is 11.9. The third-order valence-electron chi connectivity index (χ3n) is 5.59. The van der Waals surface area contributed by atoms with Gasteiger partial charge < -0.3 is 0 Å². The van der Waals surface area contributed by atoms with Gasteiger partial charge in [0, 0.05) is 31.6 Å². The van der Waals surface area contributed by atoms with Gasteiger partial charge in [0.2, 0.25) is 0 Å². The summed E-state index contributed by atoms with van der Waals surface area (Å²) in [6.07, 6.45) is 8.92. The first kappa shape index (κ1) is 18.2. The Morgan fingerprint density at radius 3 is 2.74 bits per heavy atom. The molecule has 4 nitrogen and oxygen atoms in total. The zero-order valence-corrected chi connectivity index (χ0v) is 16.4. The van der Waals surface area contributed by atoms with E-state index in [0.717, 1.165) is 25.2 Å². The predicted octanol–water partition coefficient (Wildman–Crippen LogP) is 4.62. The van der Waals surface area contributed by atoms with Crippen LogP contribution in [0.25, 0.3) is 16.8 Å². The molecule has 4 rings (SSSR count). The molecular formula is C23H29N3O. The number of unbranched alkanes of at least 4 members (excludes halogenated alkanes) is 2. The molecule has 2 aliphatic rings. The molecule has 2 aromatic rings. The first-order valence-electron chi connectivity index (χ1n) is 10.3. The summed E-state index contributed by atoms with van der Waals surface area (Å²) < 4.78 is 0. The molecule has 1 aliphatic carbocycles. The summed E-state index contributed by atoms with van der Waals surface area (Å²) in [5.74, 6) is 0.196. The molecule has 142 valence electrons. The van der Waals surface area contributed by atoms with Gasteiger partial charge in [-0.2, -0.15) is 0 Å². The molecule has 0 radical (unpaired) electrons. The molecule has 0 bridgehead atoms. The fourth-order valence-electron chi connectivity index (χ4n) is 4.06. The molecule has 0 saturated carbocycles. The predicted molar refractivity (Wildman–Crippen MR) is 112 cm³/mol. The molecule has 27 heavy (non-hydrogen) atoms. The fourth-order valence-corrected chi connectivity index (χ4v) is 4.06. The Labute approximate surface area is 161 Å². The molecule has 4 heteroatoms. The largest absolute Gasteiger partial charge is 0.294 e. The molecule has 0 fully saturated rings. The van der Waals surface area contributed by atoms with Gasteiger partial charge in [0.05, 0.1) is 5.69 Å². The van der Waals surface area contributed by atoms with E-state index < -0.39 is 0 Å². The Morgan fingerprint density at radius 2 is 1.93 bits per heavy atom. The average Bonchev–Trinajstić information content (AvgIpc) is 3.03. The van der Waals surface area contributed by atoms with Gasteiger partial charge in [0.15, 0.2) is 5.78 Å². The first-order chi connectivity index (χ1) is 13.2. The zero-order chi connectivity index (χ0) is 18.8. The molecule has 0 aromatic heterocycles. The van der Waals surface area contributed by atoms with Gasteiger partial charge >= 0.3 is 0 Å². The lowest BCUT2D eigenvalue weighted by Gasteiger charge is -2.30. The lowest BCUT2D eigenvalue weighted by molar-refractivity contribution is -0.114. The number of anilines is 1. The van der Waals surface area contributed by atoms with Crippen molar-refractivity contribution in [2.45, 2.75) is 52.5 Å². The number of ketones is 1. The van der Waals surface area contributed by atoms with Crippen molar-refractivity contribution in [3.8, 4) is 0 Å². The molecule has 0 saturated heterocycles. The lowest BCUT2D eigenvalue weighted by Crippen LogP contribution is -2.48. The number of carbonyl (C=O) groups excluding carboxylic acids is 1. The van der Waals surface area contributed by atoms with Crippen molar-refractivity contribution >= 4 is 28.3 Å². The number of hydrogen-bond acceptors (Lipinski definition) is 4. The number of benzene rings is 2. The van der Waals surface area contributed by atoms with Crippen LogP contribution in [-0.2, 0) is 17.8 Å². The maximum Gasteiger partial charge on any atom is 0.160 e. The SMILES string of the molecule is CCCCNN1c2ccc3cc4c(cc3c2CN1CCCC)CC(=O)C=C4. The Bertz CT molecular complexity index is 887. The minimum Gasteiger partial charge on any atom is -0.294 e. The van der Waals surface area contributed by atoms with Crippen LogP contribution in [0, 0.1) is 0 Å². The van der Waals surface area contributed by atoms with Crippen molar-refractivity contribution in [2.75, 3.05) is 18.2 Å². The van der Waals surface area contributed by atoms with E-state index in [1.54, 1.807) is 6.08 Å². The van der Waals surface area contributed by atoms with E-state index in [1.807, 2.05) is 6.08 Å². The van der Waals surface area contributed by atoms with Crippen LogP contribution in [0.2, 0.25) is 0 Å². The molecular weight excluding hydrogens is 334 g/mol. The number of hydrazine groups is 2. The maximum atomic E-state index is 11.9. The van der Waals surface area contributed by atoms with Crippen molar-refractivity contribution in [2.24, 2.45) is 0 Å². The fraction of sp³-hybridized carbons (Fsp3) is 0.435. The van der Waals surface area contributed by atoms with E-state index in [9.17, 15) is 4.79 Å². The number of rotatable bonds is 7. The molecule has 0 amide bonds. The van der Waals surface area contributed by atoms with Crippen molar-refractivity contribution in [3.63, 3.8) is 0 Å². The lowest BCUT2D eigenvalue weighted by atomic mass is 9.91. The Hall–Kier alpha value is -2.17. The molecule has 0 spiro atoms. The van der Waals surface area contributed by atoms with E-state index in [0.29, 0.717) is 6.42 Å². The summed E-state index contributed by atoms with van der Waals surface area (Å²) in [4.78, 5) is 11.9. The van der Waals surface area contributed by atoms with E-state index in [-0.39, 0.29) is 5.78 Å². The van der Waals surface area contributed by atoms with Gasteiger partial charge in [-0.3, -0.25) is 4.79 Å². The van der Waals surface area contributed by atoms with Crippen molar-refractivity contribution in [1.29, 1.82) is 0 Å². The molecule has 0 unspecified atom stereocenters. The average molecular weight is 364 g/mol. The normalized spacial score (nSPS) is 16.2. The Balaban J connectivity index is 1.73. The quantitative estimate of drug-likeness (QED) is 0.728. The van der Waals surface area contributed by atoms with E-state index in [2.05, 4.69) is 53.7 Å². The van der Waals surface area contributed by atoms with Crippen LogP contribution in [0.5, 0.6) is 0 Å². The first-order valence-corrected chi connectivity index (χ1v) is 10.3.